The van der Waals surface area contributed by atoms with Crippen LogP contribution < -0.4 is 5.32 Å². The second-order valence-electron chi connectivity index (χ2n) is 6.17. The standard InChI is InChI=1S/C16H29N3O3/c1-3-8-18-9-6-10-19(12-15(18)20)16(21)17-13(4-2)14-7-5-11-22-14/h13-14H,3-12H2,1-2H3,(H,17,21)/t13-,14+/m0/s1. The van der Waals surface area contributed by atoms with Gasteiger partial charge in [-0.3, -0.25) is 4.79 Å². The second kappa shape index (κ2) is 8.36. The number of nitrogens with zero attached hydrogens (tertiary/aromatic N) is 2. The van der Waals surface area contributed by atoms with Crippen LogP contribution in [0.2, 0.25) is 0 Å². The molecule has 0 unspecified atom stereocenters. The molecule has 22 heavy (non-hydrogen) atoms. The smallest absolute Gasteiger partial charge is 0.318 e. The summed E-state index contributed by atoms with van der Waals surface area (Å²) in [5.41, 5.74) is 0. The summed E-state index contributed by atoms with van der Waals surface area (Å²) in [6.45, 7) is 7.26. The van der Waals surface area contributed by atoms with Crippen LogP contribution in [0, 0.1) is 0 Å². The average molecular weight is 311 g/mol. The molecule has 0 saturated carbocycles. The Balaban J connectivity index is 1.89. The van der Waals surface area contributed by atoms with E-state index in [0.717, 1.165) is 51.8 Å². The molecular formula is C16H29N3O3. The van der Waals surface area contributed by atoms with Crippen molar-refractivity contribution in [2.75, 3.05) is 32.8 Å². The molecule has 2 rings (SSSR count). The first-order valence-electron chi connectivity index (χ1n) is 8.60. The van der Waals surface area contributed by atoms with Crippen LogP contribution in [0.25, 0.3) is 0 Å². The Morgan fingerprint density at radius 3 is 2.82 bits per heavy atom. The van der Waals surface area contributed by atoms with Crippen LogP contribution >= 0.6 is 0 Å². The minimum absolute atomic E-state index is 0.0418. The van der Waals surface area contributed by atoms with E-state index >= 15 is 0 Å². The maximum atomic E-state index is 12.5. The molecule has 0 aromatic heterocycles. The first-order chi connectivity index (χ1) is 10.7. The Bertz CT molecular complexity index is 383. The molecule has 6 nitrogen and oxygen atoms in total. The van der Waals surface area contributed by atoms with Gasteiger partial charge in [0.05, 0.1) is 12.1 Å². The van der Waals surface area contributed by atoms with Gasteiger partial charge < -0.3 is 19.9 Å². The zero-order valence-electron chi connectivity index (χ0n) is 13.8. The first kappa shape index (κ1) is 17.1. The van der Waals surface area contributed by atoms with Crippen molar-refractivity contribution in [3.8, 4) is 0 Å². The predicted octanol–water partition coefficient (Wildman–Crippen LogP) is 1.60. The van der Waals surface area contributed by atoms with Crippen LogP contribution in [0.1, 0.15) is 46.0 Å². The molecule has 6 heteroatoms. The van der Waals surface area contributed by atoms with E-state index in [1.807, 2.05) is 4.90 Å². The highest BCUT2D eigenvalue weighted by Crippen LogP contribution is 2.18. The van der Waals surface area contributed by atoms with Crippen molar-refractivity contribution in [2.24, 2.45) is 0 Å². The third kappa shape index (κ3) is 4.35. The molecule has 126 valence electrons. The molecule has 2 aliphatic rings. The molecule has 2 fully saturated rings. The molecule has 2 aliphatic heterocycles. The van der Waals surface area contributed by atoms with Gasteiger partial charge >= 0.3 is 6.03 Å². The monoisotopic (exact) mass is 311 g/mol. The zero-order chi connectivity index (χ0) is 15.9. The summed E-state index contributed by atoms with van der Waals surface area (Å²) in [5.74, 6) is 0.0552. The molecule has 0 radical (unpaired) electrons. The second-order valence-corrected chi connectivity index (χ2v) is 6.17. The lowest BCUT2D eigenvalue weighted by Gasteiger charge is -2.27. The Labute approximate surface area is 133 Å². The largest absolute Gasteiger partial charge is 0.376 e. The van der Waals surface area contributed by atoms with E-state index in [-0.39, 0.29) is 30.6 Å². The molecule has 0 spiro atoms. The van der Waals surface area contributed by atoms with E-state index in [9.17, 15) is 9.59 Å². The van der Waals surface area contributed by atoms with Crippen LogP contribution in [0.15, 0.2) is 0 Å². The van der Waals surface area contributed by atoms with Crippen molar-refractivity contribution in [1.29, 1.82) is 0 Å². The van der Waals surface area contributed by atoms with E-state index in [4.69, 9.17) is 4.74 Å². The average Bonchev–Trinajstić information content (AvgIpc) is 2.98. The maximum Gasteiger partial charge on any atom is 0.318 e. The Hall–Kier alpha value is -1.30. The van der Waals surface area contributed by atoms with E-state index in [1.165, 1.54) is 0 Å². The molecule has 0 aromatic rings. The minimum Gasteiger partial charge on any atom is -0.376 e. The fourth-order valence-electron chi connectivity index (χ4n) is 3.23. The molecule has 1 N–H and O–H groups in total. The number of hydrogen-bond donors (Lipinski definition) is 1. The van der Waals surface area contributed by atoms with E-state index in [1.54, 1.807) is 4.90 Å². The lowest BCUT2D eigenvalue weighted by Crippen LogP contribution is -2.50. The number of urea groups is 1. The van der Waals surface area contributed by atoms with Crippen molar-refractivity contribution < 1.29 is 14.3 Å². The SMILES string of the molecule is CCCN1CCCN(C(=O)N[C@@H](CC)[C@H]2CCCO2)CC1=O. The number of ether oxygens (including phenoxy) is 1. The van der Waals surface area contributed by atoms with Gasteiger partial charge in [-0.2, -0.15) is 0 Å². The number of carbonyl (C=O) groups is 2. The molecule has 2 saturated heterocycles. The molecule has 0 aliphatic carbocycles. The number of carbonyl (C=O) groups excluding carboxylic acids is 2. The van der Waals surface area contributed by atoms with E-state index < -0.39 is 0 Å². The molecule has 0 aromatic carbocycles. The third-order valence-electron chi connectivity index (χ3n) is 4.48. The van der Waals surface area contributed by atoms with E-state index in [2.05, 4.69) is 19.2 Å². The summed E-state index contributed by atoms with van der Waals surface area (Å²) in [6, 6.07) is -0.0888. The Morgan fingerprint density at radius 1 is 1.36 bits per heavy atom. The highest BCUT2D eigenvalue weighted by Gasteiger charge is 2.29. The van der Waals surface area contributed by atoms with Crippen LogP contribution in [-0.4, -0.2) is 66.7 Å². The maximum absolute atomic E-state index is 12.5. The highest BCUT2D eigenvalue weighted by molar-refractivity contribution is 5.84. The molecule has 3 amide bonds. The number of nitrogens with one attached hydrogen (secondary N) is 1. The molecule has 0 bridgehead atoms. The lowest BCUT2D eigenvalue weighted by atomic mass is 10.1. The van der Waals surface area contributed by atoms with Crippen molar-refractivity contribution in [3.63, 3.8) is 0 Å². The van der Waals surface area contributed by atoms with Gasteiger partial charge in [-0.15, -0.1) is 0 Å². The van der Waals surface area contributed by atoms with Crippen molar-refractivity contribution >= 4 is 11.9 Å². The van der Waals surface area contributed by atoms with Crippen LogP contribution in [-0.2, 0) is 9.53 Å². The van der Waals surface area contributed by atoms with Gasteiger partial charge in [-0.25, -0.2) is 4.79 Å². The summed E-state index contributed by atoms with van der Waals surface area (Å²) in [7, 11) is 0. The number of amides is 3. The van der Waals surface area contributed by atoms with Gasteiger partial charge in [0.2, 0.25) is 5.91 Å². The summed E-state index contributed by atoms with van der Waals surface area (Å²) in [5, 5.41) is 3.06. The van der Waals surface area contributed by atoms with Crippen LogP contribution in [0.4, 0.5) is 4.79 Å². The highest BCUT2D eigenvalue weighted by atomic mass is 16.5. The quantitative estimate of drug-likeness (QED) is 0.839. The zero-order valence-corrected chi connectivity index (χ0v) is 13.8. The summed E-state index contributed by atoms with van der Waals surface area (Å²) < 4.78 is 5.68. The summed E-state index contributed by atoms with van der Waals surface area (Å²) >= 11 is 0. The van der Waals surface area contributed by atoms with E-state index in [0.29, 0.717) is 6.54 Å². The van der Waals surface area contributed by atoms with Gasteiger partial charge in [0.15, 0.2) is 0 Å². The fourth-order valence-corrected chi connectivity index (χ4v) is 3.23. The molecule has 2 atom stereocenters. The normalized spacial score (nSPS) is 24.3. The van der Waals surface area contributed by atoms with Gasteiger partial charge in [0.25, 0.3) is 0 Å². The number of hydrogen-bond acceptors (Lipinski definition) is 3. The molecule has 2 heterocycles. The topological polar surface area (TPSA) is 61.9 Å². The van der Waals surface area contributed by atoms with Gasteiger partial charge in [-0.1, -0.05) is 13.8 Å². The minimum atomic E-state index is -0.131. The van der Waals surface area contributed by atoms with Gasteiger partial charge in [0, 0.05) is 26.2 Å². The third-order valence-corrected chi connectivity index (χ3v) is 4.48. The van der Waals surface area contributed by atoms with Crippen LogP contribution in [0.3, 0.4) is 0 Å². The predicted molar refractivity (Wildman–Crippen MR) is 84.6 cm³/mol. The van der Waals surface area contributed by atoms with Crippen molar-refractivity contribution in [1.82, 2.24) is 15.1 Å². The van der Waals surface area contributed by atoms with Gasteiger partial charge in [0.1, 0.15) is 6.54 Å². The van der Waals surface area contributed by atoms with Crippen molar-refractivity contribution in [2.45, 2.75) is 58.1 Å². The van der Waals surface area contributed by atoms with Crippen molar-refractivity contribution in [3.05, 3.63) is 0 Å². The summed E-state index contributed by atoms with van der Waals surface area (Å²) in [6.07, 6.45) is 4.83. The van der Waals surface area contributed by atoms with Crippen LogP contribution in [0.5, 0.6) is 0 Å². The Morgan fingerprint density at radius 2 is 2.18 bits per heavy atom. The molecular weight excluding hydrogens is 282 g/mol. The Kier molecular flexibility index (Phi) is 6.49. The summed E-state index contributed by atoms with van der Waals surface area (Å²) in [4.78, 5) is 28.2. The lowest BCUT2D eigenvalue weighted by molar-refractivity contribution is -0.130. The fraction of sp³-hybridized carbons (Fsp3) is 0.875. The van der Waals surface area contributed by atoms with Gasteiger partial charge in [-0.05, 0) is 32.1 Å². The number of rotatable bonds is 5. The first-order valence-corrected chi connectivity index (χ1v) is 8.60.